The van der Waals surface area contributed by atoms with Crippen molar-refractivity contribution < 1.29 is 18.9 Å². The van der Waals surface area contributed by atoms with Gasteiger partial charge in [-0.15, -0.1) is 0 Å². The van der Waals surface area contributed by atoms with Gasteiger partial charge in [0.2, 0.25) is 0 Å². The van der Waals surface area contributed by atoms with E-state index in [9.17, 15) is 14.4 Å². The molecule has 0 aromatic heterocycles. The molecule has 8 rings (SSSR count). The first kappa shape index (κ1) is 27.3. The molecule has 0 aliphatic carbocycles. The molecule has 0 atom stereocenters. The molecule has 0 saturated heterocycles. The summed E-state index contributed by atoms with van der Waals surface area (Å²) in [5, 5.41) is 8.15. The molecule has 0 amide bonds. The zero-order valence-electron chi connectivity index (χ0n) is 24.1. The van der Waals surface area contributed by atoms with Crippen LogP contribution in [0.15, 0.2) is 152 Å². The minimum absolute atomic E-state index is 0.151. The number of rotatable bonds is 5. The van der Waals surface area contributed by atoms with Gasteiger partial charge in [0, 0.05) is 11.1 Å². The van der Waals surface area contributed by atoms with E-state index in [1.54, 1.807) is 0 Å². The Morgan fingerprint density at radius 3 is 1.56 bits per heavy atom. The molecule has 2 N–H and O–H groups in total. The second kappa shape index (κ2) is 10.7. The smallest absolute Gasteiger partial charge is 0.403 e. The minimum Gasteiger partial charge on any atom is -0.403 e. The summed E-state index contributed by atoms with van der Waals surface area (Å²) in [6.07, 6.45) is 0. The first-order valence-electron chi connectivity index (χ1n) is 14.7. The van der Waals surface area contributed by atoms with Crippen molar-refractivity contribution in [1.29, 1.82) is 0 Å². The van der Waals surface area contributed by atoms with Crippen LogP contribution in [0.25, 0.3) is 76.5 Å². The SMILES string of the molecule is O=P(O)(O)Oc1c(-c2ccc3ccccc3c2)cc2ccccc2c1-c1cc(-c2ccc3ccccc3c2)cc2ccccc12. The zero-order valence-corrected chi connectivity index (χ0v) is 25.0. The highest BCUT2D eigenvalue weighted by molar-refractivity contribution is 7.46. The van der Waals surface area contributed by atoms with Crippen molar-refractivity contribution in [2.45, 2.75) is 0 Å². The van der Waals surface area contributed by atoms with Crippen LogP contribution in [0.2, 0.25) is 0 Å². The van der Waals surface area contributed by atoms with E-state index in [0.717, 1.165) is 65.3 Å². The number of phosphoric ester groups is 1. The van der Waals surface area contributed by atoms with Crippen LogP contribution in [0.4, 0.5) is 0 Å². The molecule has 8 aromatic rings. The molecular formula is C40H27O4P. The van der Waals surface area contributed by atoms with Crippen molar-refractivity contribution in [2.24, 2.45) is 0 Å². The Hall–Kier alpha value is -5.25. The maximum absolute atomic E-state index is 12.7. The predicted octanol–water partition coefficient (Wildman–Crippen LogP) is 10.8. The lowest BCUT2D eigenvalue weighted by molar-refractivity contribution is 0.284. The lowest BCUT2D eigenvalue weighted by Gasteiger charge is -2.21. The highest BCUT2D eigenvalue weighted by Crippen LogP contribution is 2.52. The molecule has 0 aliphatic heterocycles. The number of benzene rings is 8. The number of phosphoric acid groups is 1. The molecule has 0 aliphatic rings. The first-order chi connectivity index (χ1) is 21.9. The van der Waals surface area contributed by atoms with Crippen molar-refractivity contribution in [3.05, 3.63) is 152 Å². The predicted molar refractivity (Wildman–Crippen MR) is 185 cm³/mol. The van der Waals surface area contributed by atoms with Gasteiger partial charge in [0.1, 0.15) is 5.75 Å². The molecule has 0 heterocycles. The minimum atomic E-state index is -4.97. The summed E-state index contributed by atoms with van der Waals surface area (Å²) in [6.45, 7) is 0. The fourth-order valence-corrected chi connectivity index (χ4v) is 6.86. The highest BCUT2D eigenvalue weighted by atomic mass is 31.2. The Labute approximate surface area is 260 Å². The van der Waals surface area contributed by atoms with E-state index in [4.69, 9.17) is 4.52 Å². The normalized spacial score (nSPS) is 11.9. The van der Waals surface area contributed by atoms with Gasteiger partial charge in [-0.25, -0.2) is 4.57 Å². The largest absolute Gasteiger partial charge is 0.524 e. The van der Waals surface area contributed by atoms with Crippen LogP contribution in [-0.4, -0.2) is 9.79 Å². The van der Waals surface area contributed by atoms with Gasteiger partial charge in [-0.3, -0.25) is 9.79 Å². The topological polar surface area (TPSA) is 66.8 Å². The number of fused-ring (bicyclic) bond motifs is 4. The fourth-order valence-electron chi connectivity index (χ4n) is 6.43. The van der Waals surface area contributed by atoms with Gasteiger partial charge in [0.25, 0.3) is 0 Å². The molecule has 0 saturated carbocycles. The molecule has 0 spiro atoms. The molecule has 5 heteroatoms. The van der Waals surface area contributed by atoms with E-state index in [1.807, 2.05) is 103 Å². The van der Waals surface area contributed by atoms with Crippen LogP contribution in [-0.2, 0) is 4.57 Å². The van der Waals surface area contributed by atoms with Gasteiger partial charge in [0.15, 0.2) is 0 Å². The number of hydrogen-bond acceptors (Lipinski definition) is 2. The molecule has 0 fully saturated rings. The van der Waals surface area contributed by atoms with E-state index in [-0.39, 0.29) is 5.75 Å². The molecular weight excluding hydrogens is 575 g/mol. The van der Waals surface area contributed by atoms with Crippen LogP contribution in [0.5, 0.6) is 5.75 Å². The van der Waals surface area contributed by atoms with E-state index >= 15 is 0 Å². The van der Waals surface area contributed by atoms with Crippen LogP contribution in [0.1, 0.15) is 0 Å². The van der Waals surface area contributed by atoms with Crippen molar-refractivity contribution in [1.82, 2.24) is 0 Å². The average Bonchev–Trinajstić information content (AvgIpc) is 3.06. The molecule has 0 unspecified atom stereocenters. The summed E-state index contributed by atoms with van der Waals surface area (Å²) in [5.74, 6) is 0.151. The Morgan fingerprint density at radius 1 is 0.422 bits per heavy atom. The third-order valence-electron chi connectivity index (χ3n) is 8.49. The van der Waals surface area contributed by atoms with Gasteiger partial charge in [-0.2, -0.15) is 0 Å². The molecule has 45 heavy (non-hydrogen) atoms. The zero-order chi connectivity index (χ0) is 30.5. The van der Waals surface area contributed by atoms with Crippen molar-refractivity contribution in [3.8, 4) is 39.1 Å². The van der Waals surface area contributed by atoms with Gasteiger partial charge in [0.05, 0.1) is 0 Å². The second-order valence-corrected chi connectivity index (χ2v) is 12.5. The average molecular weight is 603 g/mol. The van der Waals surface area contributed by atoms with Crippen LogP contribution in [0, 0.1) is 0 Å². The Bertz CT molecular complexity index is 2480. The van der Waals surface area contributed by atoms with Gasteiger partial charge >= 0.3 is 7.82 Å². The van der Waals surface area contributed by atoms with Crippen LogP contribution in [0.3, 0.4) is 0 Å². The van der Waals surface area contributed by atoms with Gasteiger partial charge in [-0.1, -0.05) is 121 Å². The van der Waals surface area contributed by atoms with Crippen molar-refractivity contribution in [3.63, 3.8) is 0 Å². The number of hydrogen-bond donors (Lipinski definition) is 2. The summed E-state index contributed by atoms with van der Waals surface area (Å²) in [5.41, 5.74) is 4.93. The summed E-state index contributed by atoms with van der Waals surface area (Å²) in [7, 11) is -4.97. The lowest BCUT2D eigenvalue weighted by Crippen LogP contribution is -1.98. The second-order valence-electron chi connectivity index (χ2n) is 11.3. The standard InChI is InChI=1S/C40H27O4P/c41-45(42,43)44-40-37(33-20-18-27-10-2-4-12-29(27)22-33)24-32-14-6-8-16-36(32)39(40)38-25-34(23-31-13-5-7-15-35(31)38)30-19-17-26-9-1-3-11-28(26)21-30/h1-25H,(H2,41,42,43). The summed E-state index contributed by atoms with van der Waals surface area (Å²) in [6, 6.07) is 51.1. The fraction of sp³-hybridized carbons (Fsp3) is 0. The van der Waals surface area contributed by atoms with Crippen molar-refractivity contribution >= 4 is 50.9 Å². The highest BCUT2D eigenvalue weighted by Gasteiger charge is 2.26. The van der Waals surface area contributed by atoms with E-state index in [1.165, 1.54) is 0 Å². The maximum atomic E-state index is 12.7. The van der Waals surface area contributed by atoms with Crippen LogP contribution >= 0.6 is 7.82 Å². The Balaban J connectivity index is 1.48. The van der Waals surface area contributed by atoms with Crippen molar-refractivity contribution in [2.75, 3.05) is 0 Å². The Kier molecular flexibility index (Phi) is 6.51. The summed E-state index contributed by atoms with van der Waals surface area (Å²) in [4.78, 5) is 20.6. The quantitative estimate of drug-likeness (QED) is 0.192. The lowest BCUT2D eigenvalue weighted by atomic mass is 9.87. The van der Waals surface area contributed by atoms with E-state index in [2.05, 4.69) is 48.5 Å². The molecule has 216 valence electrons. The monoisotopic (exact) mass is 602 g/mol. The maximum Gasteiger partial charge on any atom is 0.524 e. The third kappa shape index (κ3) is 5.05. The van der Waals surface area contributed by atoms with Gasteiger partial charge in [-0.05, 0) is 95.7 Å². The van der Waals surface area contributed by atoms with Crippen LogP contribution < -0.4 is 4.52 Å². The van der Waals surface area contributed by atoms with E-state index < -0.39 is 7.82 Å². The van der Waals surface area contributed by atoms with Gasteiger partial charge < -0.3 is 4.52 Å². The molecule has 0 radical (unpaired) electrons. The Morgan fingerprint density at radius 2 is 0.911 bits per heavy atom. The summed E-state index contributed by atoms with van der Waals surface area (Å²) < 4.78 is 18.4. The summed E-state index contributed by atoms with van der Waals surface area (Å²) >= 11 is 0. The first-order valence-corrected chi connectivity index (χ1v) is 16.3. The third-order valence-corrected chi connectivity index (χ3v) is 8.91. The molecule has 4 nitrogen and oxygen atoms in total. The molecule has 8 aromatic carbocycles. The molecule has 0 bridgehead atoms. The van der Waals surface area contributed by atoms with E-state index in [0.29, 0.717) is 11.1 Å².